The van der Waals surface area contributed by atoms with E-state index in [-0.39, 0.29) is 17.7 Å². The van der Waals surface area contributed by atoms with Crippen LogP contribution in [0.25, 0.3) is 6.08 Å². The second kappa shape index (κ2) is 6.06. The molecule has 6 heteroatoms. The molecule has 1 aliphatic rings. The first kappa shape index (κ1) is 15.0. The van der Waals surface area contributed by atoms with Gasteiger partial charge in [0.15, 0.2) is 0 Å². The Labute approximate surface area is 135 Å². The Hall–Kier alpha value is -1.92. The van der Waals surface area contributed by atoms with Gasteiger partial charge in [-0.15, -0.1) is 11.3 Å². The maximum absolute atomic E-state index is 13.7. The molecule has 1 aromatic heterocycles. The topological polar surface area (TPSA) is 37.4 Å². The van der Waals surface area contributed by atoms with Crippen LogP contribution in [0.3, 0.4) is 0 Å². The molecule has 112 valence electrons. The van der Waals surface area contributed by atoms with Gasteiger partial charge in [-0.2, -0.15) is 0 Å². The number of thioether (sulfide) groups is 1. The smallest absolute Gasteiger partial charge is 0.268 e. The Kier molecular flexibility index (Phi) is 4.13. The normalized spacial score (nSPS) is 16.8. The molecular weight excluding hydrogens is 321 g/mol. The molecule has 0 bridgehead atoms. The molecule has 1 aliphatic heterocycles. The Morgan fingerprint density at radius 1 is 1.23 bits per heavy atom. The highest BCUT2D eigenvalue weighted by atomic mass is 32.2. The number of benzene rings is 1. The number of hydrogen-bond acceptors (Lipinski definition) is 4. The van der Waals surface area contributed by atoms with E-state index in [1.165, 1.54) is 17.4 Å². The summed E-state index contributed by atoms with van der Waals surface area (Å²) < 4.78 is 13.7. The third kappa shape index (κ3) is 2.84. The van der Waals surface area contributed by atoms with Crippen LogP contribution < -0.4 is 0 Å². The van der Waals surface area contributed by atoms with Gasteiger partial charge in [-0.1, -0.05) is 18.2 Å². The predicted molar refractivity (Wildman–Crippen MR) is 87.0 cm³/mol. The second-order valence-corrected chi connectivity index (χ2v) is 6.77. The molecule has 0 atom stereocenters. The van der Waals surface area contributed by atoms with Gasteiger partial charge in [0.1, 0.15) is 5.82 Å². The first-order chi connectivity index (χ1) is 10.6. The van der Waals surface area contributed by atoms with Gasteiger partial charge in [0.25, 0.3) is 11.1 Å². The largest absolute Gasteiger partial charge is 0.293 e. The van der Waals surface area contributed by atoms with Crippen LogP contribution in [0.4, 0.5) is 9.18 Å². The lowest BCUT2D eigenvalue weighted by Gasteiger charge is -2.12. The number of imide groups is 1. The van der Waals surface area contributed by atoms with Gasteiger partial charge in [-0.05, 0) is 47.8 Å². The zero-order valence-electron chi connectivity index (χ0n) is 11.7. The van der Waals surface area contributed by atoms with Crippen molar-refractivity contribution in [2.45, 2.75) is 13.5 Å². The number of amides is 2. The quantitative estimate of drug-likeness (QED) is 0.780. The lowest BCUT2D eigenvalue weighted by molar-refractivity contribution is -0.123. The van der Waals surface area contributed by atoms with Crippen LogP contribution in [0.15, 0.2) is 40.6 Å². The van der Waals surface area contributed by atoms with E-state index in [4.69, 9.17) is 0 Å². The summed E-state index contributed by atoms with van der Waals surface area (Å²) in [5.74, 6) is -0.786. The fourth-order valence-electron chi connectivity index (χ4n) is 2.08. The predicted octanol–water partition coefficient (Wildman–Crippen LogP) is 4.43. The number of nitrogens with zero attached hydrogens (tertiary/aromatic N) is 1. The van der Waals surface area contributed by atoms with Gasteiger partial charge in [-0.25, -0.2) is 4.39 Å². The number of halogens is 1. The van der Waals surface area contributed by atoms with E-state index in [2.05, 4.69) is 0 Å². The van der Waals surface area contributed by atoms with Crippen LogP contribution in [0, 0.1) is 12.7 Å². The molecule has 2 aromatic rings. The van der Waals surface area contributed by atoms with Crippen LogP contribution >= 0.6 is 23.1 Å². The number of hydrogen-bond donors (Lipinski definition) is 0. The molecule has 0 unspecified atom stereocenters. The molecule has 1 saturated heterocycles. The van der Waals surface area contributed by atoms with E-state index in [1.54, 1.807) is 24.3 Å². The Bertz CT molecular complexity index is 782. The average molecular weight is 333 g/mol. The van der Waals surface area contributed by atoms with Crippen LogP contribution in [0.2, 0.25) is 0 Å². The van der Waals surface area contributed by atoms with E-state index in [0.29, 0.717) is 10.5 Å². The van der Waals surface area contributed by atoms with Crippen molar-refractivity contribution in [3.05, 3.63) is 62.4 Å². The highest BCUT2D eigenvalue weighted by molar-refractivity contribution is 8.18. The first-order valence-electron chi connectivity index (χ1n) is 6.59. The van der Waals surface area contributed by atoms with Crippen molar-refractivity contribution in [2.75, 3.05) is 0 Å². The van der Waals surface area contributed by atoms with Crippen LogP contribution in [0.5, 0.6) is 0 Å². The third-order valence-corrected chi connectivity index (χ3v) is 5.20. The zero-order chi connectivity index (χ0) is 15.7. The molecule has 0 N–H and O–H groups in total. The van der Waals surface area contributed by atoms with Gasteiger partial charge >= 0.3 is 0 Å². The minimum atomic E-state index is -0.417. The van der Waals surface area contributed by atoms with Gasteiger partial charge in [-0.3, -0.25) is 14.5 Å². The molecule has 1 aromatic carbocycles. The van der Waals surface area contributed by atoms with Gasteiger partial charge < -0.3 is 0 Å². The van der Waals surface area contributed by atoms with Crippen molar-refractivity contribution in [1.82, 2.24) is 4.90 Å². The van der Waals surface area contributed by atoms with Crippen molar-refractivity contribution in [1.29, 1.82) is 0 Å². The molecular formula is C16H12FNO2S2. The van der Waals surface area contributed by atoms with Gasteiger partial charge in [0, 0.05) is 10.4 Å². The van der Waals surface area contributed by atoms with Gasteiger partial charge in [0.2, 0.25) is 0 Å². The molecule has 0 spiro atoms. The summed E-state index contributed by atoms with van der Waals surface area (Å²) in [5, 5.41) is 1.57. The second-order valence-electron chi connectivity index (χ2n) is 4.83. The Morgan fingerprint density at radius 2 is 2.00 bits per heavy atom. The van der Waals surface area contributed by atoms with Crippen molar-refractivity contribution < 1.29 is 14.0 Å². The maximum atomic E-state index is 13.7. The minimum Gasteiger partial charge on any atom is -0.268 e. The van der Waals surface area contributed by atoms with Crippen molar-refractivity contribution in [3.63, 3.8) is 0 Å². The number of carbonyl (C=O) groups excluding carboxylic acids is 2. The average Bonchev–Trinajstić information content (AvgIpc) is 3.00. The molecule has 3 nitrogen and oxygen atoms in total. The molecule has 1 fully saturated rings. The highest BCUT2D eigenvalue weighted by Gasteiger charge is 2.35. The summed E-state index contributed by atoms with van der Waals surface area (Å²) in [4.78, 5) is 26.8. The van der Waals surface area contributed by atoms with Gasteiger partial charge in [0.05, 0.1) is 11.4 Å². The summed E-state index contributed by atoms with van der Waals surface area (Å²) in [6.07, 6.45) is 1.73. The van der Waals surface area contributed by atoms with E-state index < -0.39 is 5.82 Å². The van der Waals surface area contributed by atoms with E-state index >= 15 is 0 Å². The first-order valence-corrected chi connectivity index (χ1v) is 8.29. The minimum absolute atomic E-state index is 0.0435. The van der Waals surface area contributed by atoms with Crippen LogP contribution in [-0.4, -0.2) is 16.0 Å². The van der Waals surface area contributed by atoms with Crippen LogP contribution in [0.1, 0.15) is 16.0 Å². The lowest BCUT2D eigenvalue weighted by atomic mass is 10.2. The number of thiophene rings is 1. The summed E-state index contributed by atoms with van der Waals surface area (Å²) in [6, 6.07) is 8.11. The van der Waals surface area contributed by atoms with Crippen molar-refractivity contribution >= 4 is 40.3 Å². The Balaban J connectivity index is 1.85. The number of rotatable bonds is 3. The molecule has 0 aliphatic carbocycles. The SMILES string of the molecule is Cc1ccsc1/C=C1\SC(=O)N(Cc2ccccc2F)C1=O. The summed E-state index contributed by atoms with van der Waals surface area (Å²) in [6.45, 7) is 1.91. The highest BCUT2D eigenvalue weighted by Crippen LogP contribution is 2.34. The van der Waals surface area contributed by atoms with Crippen molar-refractivity contribution in [2.24, 2.45) is 0 Å². The number of aryl methyl sites for hydroxylation is 1. The maximum Gasteiger partial charge on any atom is 0.293 e. The zero-order valence-corrected chi connectivity index (χ0v) is 13.3. The Morgan fingerprint density at radius 3 is 2.68 bits per heavy atom. The molecule has 0 radical (unpaired) electrons. The van der Waals surface area contributed by atoms with E-state index in [0.717, 1.165) is 27.1 Å². The summed E-state index contributed by atoms with van der Waals surface area (Å²) in [5.41, 5.74) is 1.39. The standard InChI is InChI=1S/C16H12FNO2S2/c1-10-6-7-21-13(10)8-14-15(19)18(16(20)22-14)9-11-4-2-3-5-12(11)17/h2-8H,9H2,1H3/b14-8-. The van der Waals surface area contributed by atoms with Crippen LogP contribution in [-0.2, 0) is 11.3 Å². The fourth-order valence-corrected chi connectivity index (χ4v) is 3.84. The van der Waals surface area contributed by atoms with Crippen molar-refractivity contribution in [3.8, 4) is 0 Å². The monoisotopic (exact) mass is 333 g/mol. The summed E-state index contributed by atoms with van der Waals surface area (Å²) in [7, 11) is 0. The molecule has 2 heterocycles. The lowest BCUT2D eigenvalue weighted by Crippen LogP contribution is -2.27. The third-order valence-electron chi connectivity index (χ3n) is 3.32. The molecule has 22 heavy (non-hydrogen) atoms. The fraction of sp³-hybridized carbons (Fsp3) is 0.125. The molecule has 2 amide bonds. The van der Waals surface area contributed by atoms with E-state index in [9.17, 15) is 14.0 Å². The summed E-state index contributed by atoms with van der Waals surface area (Å²) >= 11 is 2.41. The molecule has 3 rings (SSSR count). The number of carbonyl (C=O) groups is 2. The molecule has 0 saturated carbocycles. The van der Waals surface area contributed by atoms with E-state index in [1.807, 2.05) is 18.4 Å².